The highest BCUT2D eigenvalue weighted by atomic mass is 16.5. The van der Waals surface area contributed by atoms with E-state index in [2.05, 4.69) is 6.92 Å². The van der Waals surface area contributed by atoms with E-state index in [0.717, 1.165) is 18.9 Å². The van der Waals surface area contributed by atoms with Crippen LogP contribution in [0.2, 0.25) is 0 Å². The van der Waals surface area contributed by atoms with Crippen molar-refractivity contribution < 1.29 is 4.74 Å². The van der Waals surface area contributed by atoms with Crippen LogP contribution in [0.1, 0.15) is 51.9 Å². The summed E-state index contributed by atoms with van der Waals surface area (Å²) < 4.78 is 5.14. The number of rotatable bonds is 6. The van der Waals surface area contributed by atoms with Gasteiger partial charge in [0.2, 0.25) is 0 Å². The van der Waals surface area contributed by atoms with Gasteiger partial charge in [0.05, 0.1) is 0 Å². The molecule has 2 atom stereocenters. The molecule has 1 aliphatic rings. The van der Waals surface area contributed by atoms with Gasteiger partial charge in [-0.1, -0.05) is 39.0 Å². The van der Waals surface area contributed by atoms with E-state index in [1.54, 1.807) is 7.11 Å². The van der Waals surface area contributed by atoms with E-state index >= 15 is 0 Å². The Morgan fingerprint density at radius 3 is 2.53 bits per heavy atom. The Morgan fingerprint density at radius 1 is 1.27 bits per heavy atom. The van der Waals surface area contributed by atoms with Gasteiger partial charge in [-0.3, -0.25) is 0 Å². The van der Waals surface area contributed by atoms with Crippen LogP contribution in [0, 0.1) is 11.8 Å². The molecular formula is C13H27NO. The third-order valence-electron chi connectivity index (χ3n) is 3.52. The molecule has 1 fully saturated rings. The average Bonchev–Trinajstić information content (AvgIpc) is 2.19. The highest BCUT2D eigenvalue weighted by Crippen LogP contribution is 2.28. The van der Waals surface area contributed by atoms with Crippen molar-refractivity contribution in [2.75, 3.05) is 13.7 Å². The van der Waals surface area contributed by atoms with Crippen molar-refractivity contribution in [3.63, 3.8) is 0 Å². The van der Waals surface area contributed by atoms with Crippen molar-refractivity contribution in [3.8, 4) is 0 Å². The summed E-state index contributed by atoms with van der Waals surface area (Å²) in [6.07, 6.45) is 9.44. The zero-order valence-corrected chi connectivity index (χ0v) is 10.4. The highest BCUT2D eigenvalue weighted by molar-refractivity contribution is 4.73. The molecule has 0 bridgehead atoms. The van der Waals surface area contributed by atoms with E-state index in [9.17, 15) is 0 Å². The van der Waals surface area contributed by atoms with Crippen LogP contribution in [-0.4, -0.2) is 19.8 Å². The third-order valence-corrected chi connectivity index (χ3v) is 3.52. The number of methoxy groups -OCH3 is 1. The van der Waals surface area contributed by atoms with Crippen molar-refractivity contribution in [2.24, 2.45) is 17.6 Å². The van der Waals surface area contributed by atoms with Crippen molar-refractivity contribution in [2.45, 2.75) is 57.9 Å². The second-order valence-corrected chi connectivity index (χ2v) is 5.30. The van der Waals surface area contributed by atoms with Crippen molar-refractivity contribution in [3.05, 3.63) is 0 Å². The Morgan fingerprint density at radius 2 is 1.93 bits per heavy atom. The van der Waals surface area contributed by atoms with Gasteiger partial charge in [-0.25, -0.2) is 0 Å². The molecule has 1 saturated carbocycles. The predicted molar refractivity (Wildman–Crippen MR) is 64.8 cm³/mol. The summed E-state index contributed by atoms with van der Waals surface area (Å²) in [6.45, 7) is 3.07. The molecule has 0 radical (unpaired) electrons. The summed E-state index contributed by atoms with van der Waals surface area (Å²) in [4.78, 5) is 0. The van der Waals surface area contributed by atoms with E-state index in [-0.39, 0.29) is 0 Å². The molecule has 0 aromatic rings. The summed E-state index contributed by atoms with van der Waals surface area (Å²) >= 11 is 0. The molecule has 90 valence electrons. The number of hydrogen-bond acceptors (Lipinski definition) is 2. The number of hydrogen-bond donors (Lipinski definition) is 1. The lowest BCUT2D eigenvalue weighted by molar-refractivity contribution is 0.149. The normalized spacial score (nSPS) is 22.6. The number of ether oxygens (including phenoxy) is 1. The fourth-order valence-corrected chi connectivity index (χ4v) is 2.82. The fraction of sp³-hybridized carbons (Fsp3) is 1.00. The Hall–Kier alpha value is -0.0800. The minimum Gasteiger partial charge on any atom is -0.384 e. The Labute approximate surface area is 94.6 Å². The first-order valence-corrected chi connectivity index (χ1v) is 6.47. The van der Waals surface area contributed by atoms with Crippen LogP contribution in [0.5, 0.6) is 0 Å². The van der Waals surface area contributed by atoms with Gasteiger partial charge in [-0.15, -0.1) is 0 Å². The van der Waals surface area contributed by atoms with E-state index < -0.39 is 0 Å². The standard InChI is InChI=1S/C13H27NO/c1-11(10-15-2)8-13(14)9-12-6-4-3-5-7-12/h11-13H,3-10,14H2,1-2H3. The third kappa shape index (κ3) is 5.53. The average molecular weight is 213 g/mol. The van der Waals surface area contributed by atoms with Gasteiger partial charge >= 0.3 is 0 Å². The maximum absolute atomic E-state index is 6.18. The summed E-state index contributed by atoms with van der Waals surface area (Å²) in [6, 6.07) is 0.387. The molecule has 0 aromatic heterocycles. The van der Waals surface area contributed by atoms with Crippen LogP contribution in [0.4, 0.5) is 0 Å². The lowest BCUT2D eigenvalue weighted by atomic mass is 9.83. The summed E-state index contributed by atoms with van der Waals surface area (Å²) in [5.41, 5.74) is 6.18. The Kier molecular flexibility index (Phi) is 6.26. The molecule has 1 aliphatic carbocycles. The molecule has 1 rings (SSSR count). The molecule has 2 nitrogen and oxygen atoms in total. The zero-order valence-electron chi connectivity index (χ0n) is 10.4. The van der Waals surface area contributed by atoms with Gasteiger partial charge in [0.1, 0.15) is 0 Å². The first-order valence-electron chi connectivity index (χ1n) is 6.47. The van der Waals surface area contributed by atoms with Crippen LogP contribution < -0.4 is 5.73 Å². The fourth-order valence-electron chi connectivity index (χ4n) is 2.82. The Bertz CT molecular complexity index is 155. The van der Waals surface area contributed by atoms with E-state index in [1.807, 2.05) is 0 Å². The van der Waals surface area contributed by atoms with Crippen molar-refractivity contribution in [1.29, 1.82) is 0 Å². The highest BCUT2D eigenvalue weighted by Gasteiger charge is 2.18. The van der Waals surface area contributed by atoms with Crippen molar-refractivity contribution >= 4 is 0 Å². The van der Waals surface area contributed by atoms with Crippen LogP contribution in [-0.2, 0) is 4.74 Å². The van der Waals surface area contributed by atoms with Gasteiger partial charge in [-0.2, -0.15) is 0 Å². The lowest BCUT2D eigenvalue weighted by Gasteiger charge is -2.25. The molecule has 0 aliphatic heterocycles. The first-order chi connectivity index (χ1) is 7.22. The lowest BCUT2D eigenvalue weighted by Crippen LogP contribution is -2.27. The largest absolute Gasteiger partial charge is 0.384 e. The second kappa shape index (κ2) is 7.24. The molecular weight excluding hydrogens is 186 g/mol. The second-order valence-electron chi connectivity index (χ2n) is 5.30. The van der Waals surface area contributed by atoms with Gasteiger partial charge in [-0.05, 0) is 24.7 Å². The van der Waals surface area contributed by atoms with Crippen LogP contribution in [0.15, 0.2) is 0 Å². The topological polar surface area (TPSA) is 35.2 Å². The zero-order chi connectivity index (χ0) is 11.1. The molecule has 2 N–H and O–H groups in total. The van der Waals surface area contributed by atoms with E-state index in [0.29, 0.717) is 12.0 Å². The van der Waals surface area contributed by atoms with Gasteiger partial charge in [0, 0.05) is 19.8 Å². The Balaban J connectivity index is 2.13. The molecule has 15 heavy (non-hydrogen) atoms. The van der Waals surface area contributed by atoms with E-state index in [4.69, 9.17) is 10.5 Å². The molecule has 2 heteroatoms. The summed E-state index contributed by atoms with van der Waals surface area (Å²) in [5.74, 6) is 1.51. The SMILES string of the molecule is COCC(C)CC(N)CC1CCCCC1. The monoisotopic (exact) mass is 213 g/mol. The maximum Gasteiger partial charge on any atom is 0.0488 e. The maximum atomic E-state index is 6.18. The number of nitrogens with two attached hydrogens (primary N) is 1. The molecule has 0 aromatic carbocycles. The van der Waals surface area contributed by atoms with E-state index in [1.165, 1.54) is 38.5 Å². The molecule has 0 amide bonds. The quantitative estimate of drug-likeness (QED) is 0.736. The first kappa shape index (κ1) is 13.0. The van der Waals surface area contributed by atoms with Crippen LogP contribution in [0.25, 0.3) is 0 Å². The summed E-state index contributed by atoms with van der Waals surface area (Å²) in [7, 11) is 1.77. The summed E-state index contributed by atoms with van der Waals surface area (Å²) in [5, 5.41) is 0. The van der Waals surface area contributed by atoms with Gasteiger partial charge in [0.25, 0.3) is 0 Å². The smallest absolute Gasteiger partial charge is 0.0488 e. The minimum atomic E-state index is 0.387. The molecule has 0 heterocycles. The molecule has 0 saturated heterocycles. The van der Waals surface area contributed by atoms with Gasteiger partial charge < -0.3 is 10.5 Å². The molecule has 2 unspecified atom stereocenters. The minimum absolute atomic E-state index is 0.387. The van der Waals surface area contributed by atoms with Gasteiger partial charge in [0.15, 0.2) is 0 Å². The van der Waals surface area contributed by atoms with Crippen LogP contribution >= 0.6 is 0 Å². The molecule has 0 spiro atoms. The van der Waals surface area contributed by atoms with Crippen molar-refractivity contribution in [1.82, 2.24) is 0 Å². The predicted octanol–water partition coefficient (Wildman–Crippen LogP) is 2.96. The van der Waals surface area contributed by atoms with Crippen LogP contribution in [0.3, 0.4) is 0 Å².